The van der Waals surface area contributed by atoms with Gasteiger partial charge in [-0.15, -0.1) is 0 Å². The average molecular weight is 316 g/mol. The zero-order valence-corrected chi connectivity index (χ0v) is 13.4. The number of hydrogen-bond acceptors (Lipinski definition) is 4. The van der Waals surface area contributed by atoms with Crippen molar-refractivity contribution in [1.82, 2.24) is 9.97 Å². The van der Waals surface area contributed by atoms with Gasteiger partial charge in [0.1, 0.15) is 22.4 Å². The smallest absolute Gasteiger partial charge is 0.179 e. The van der Waals surface area contributed by atoms with Crippen LogP contribution < -0.4 is 5.32 Å². The molecule has 5 heteroatoms. The molecule has 1 aliphatic rings. The minimum absolute atomic E-state index is 0.132. The van der Waals surface area contributed by atoms with Crippen molar-refractivity contribution in [3.63, 3.8) is 0 Å². The van der Waals surface area contributed by atoms with Crippen LogP contribution in [-0.4, -0.2) is 15.8 Å². The fourth-order valence-corrected chi connectivity index (χ4v) is 2.52. The number of nitrogens with zero attached hydrogens (tertiary/aromatic N) is 2. The van der Waals surface area contributed by atoms with E-state index in [1.807, 2.05) is 0 Å². The monoisotopic (exact) mass is 315 g/mol. The van der Waals surface area contributed by atoms with Gasteiger partial charge in [0.2, 0.25) is 0 Å². The summed E-state index contributed by atoms with van der Waals surface area (Å²) in [4.78, 5) is 20.6. The molecule has 0 amide bonds. The molecule has 0 saturated heterocycles. The van der Waals surface area contributed by atoms with Crippen LogP contribution in [0.1, 0.15) is 53.1 Å². The van der Waals surface area contributed by atoms with E-state index in [9.17, 15) is 4.79 Å². The second kappa shape index (κ2) is 6.05. The molecular weight excluding hydrogens is 298 g/mol. The van der Waals surface area contributed by atoms with Crippen LogP contribution >= 0.6 is 11.6 Å². The standard InChI is InChI=1S/C17H18ClN3O/c1-10-3-5-12(6-4-10)9-19-17-14(18)15(11(2)22)20-16(21-17)13-7-8-13/h3-6,13H,7-9H2,1-2H3,(H,19,20,21). The molecule has 0 atom stereocenters. The van der Waals surface area contributed by atoms with Crippen LogP contribution in [0.3, 0.4) is 0 Å². The lowest BCUT2D eigenvalue weighted by molar-refractivity contribution is 0.101. The molecule has 114 valence electrons. The van der Waals surface area contributed by atoms with Crippen molar-refractivity contribution in [3.05, 3.63) is 51.9 Å². The van der Waals surface area contributed by atoms with Crippen molar-refractivity contribution >= 4 is 23.2 Å². The Balaban J connectivity index is 1.85. The number of carbonyl (C=O) groups is 1. The van der Waals surface area contributed by atoms with E-state index in [1.165, 1.54) is 12.5 Å². The molecule has 0 unspecified atom stereocenters. The molecule has 22 heavy (non-hydrogen) atoms. The van der Waals surface area contributed by atoms with Crippen molar-refractivity contribution in [3.8, 4) is 0 Å². The van der Waals surface area contributed by atoms with E-state index in [0.717, 1.165) is 24.2 Å². The Hall–Kier alpha value is -1.94. The zero-order valence-electron chi connectivity index (χ0n) is 12.7. The normalized spacial score (nSPS) is 14.0. The van der Waals surface area contributed by atoms with Gasteiger partial charge in [-0.1, -0.05) is 41.4 Å². The summed E-state index contributed by atoms with van der Waals surface area (Å²) in [6, 6.07) is 8.25. The third kappa shape index (κ3) is 3.28. The zero-order chi connectivity index (χ0) is 15.7. The first-order valence-electron chi connectivity index (χ1n) is 7.42. The number of aromatic nitrogens is 2. The largest absolute Gasteiger partial charge is 0.365 e. The number of rotatable bonds is 5. The quantitative estimate of drug-likeness (QED) is 0.843. The molecular formula is C17H18ClN3O. The topological polar surface area (TPSA) is 54.9 Å². The number of ketones is 1. The van der Waals surface area contributed by atoms with Gasteiger partial charge in [0, 0.05) is 19.4 Å². The molecule has 1 fully saturated rings. The fraction of sp³-hybridized carbons (Fsp3) is 0.353. The van der Waals surface area contributed by atoms with Gasteiger partial charge in [0.15, 0.2) is 5.78 Å². The Morgan fingerprint density at radius 3 is 2.55 bits per heavy atom. The molecule has 1 heterocycles. The molecule has 1 aromatic carbocycles. The number of carbonyl (C=O) groups excluding carboxylic acids is 1. The summed E-state index contributed by atoms with van der Waals surface area (Å²) >= 11 is 6.28. The Kier molecular flexibility index (Phi) is 4.12. The third-order valence-corrected chi connectivity index (χ3v) is 4.08. The van der Waals surface area contributed by atoms with Crippen LogP contribution in [0.2, 0.25) is 5.02 Å². The SMILES string of the molecule is CC(=O)c1nc(C2CC2)nc(NCc2ccc(C)cc2)c1Cl. The van der Waals surface area contributed by atoms with Gasteiger partial charge in [-0.25, -0.2) is 9.97 Å². The van der Waals surface area contributed by atoms with Gasteiger partial charge < -0.3 is 5.32 Å². The van der Waals surface area contributed by atoms with E-state index in [4.69, 9.17) is 11.6 Å². The number of Topliss-reactive ketones (excluding diaryl/α,β-unsaturated/α-hetero) is 1. The maximum Gasteiger partial charge on any atom is 0.179 e. The molecule has 2 aromatic rings. The van der Waals surface area contributed by atoms with Crippen molar-refractivity contribution in [1.29, 1.82) is 0 Å². The summed E-state index contributed by atoms with van der Waals surface area (Å²) in [7, 11) is 0. The highest BCUT2D eigenvalue weighted by Crippen LogP contribution is 2.39. The van der Waals surface area contributed by atoms with Crippen molar-refractivity contribution in [2.45, 2.75) is 39.2 Å². The summed E-state index contributed by atoms with van der Waals surface area (Å²) in [5, 5.41) is 3.54. The highest BCUT2D eigenvalue weighted by molar-refractivity contribution is 6.35. The van der Waals surface area contributed by atoms with Crippen molar-refractivity contribution in [2.24, 2.45) is 0 Å². The van der Waals surface area contributed by atoms with Crippen LogP contribution in [0.5, 0.6) is 0 Å². The van der Waals surface area contributed by atoms with Gasteiger partial charge >= 0.3 is 0 Å². The van der Waals surface area contributed by atoms with Crippen LogP contribution in [0.25, 0.3) is 0 Å². The second-order valence-electron chi connectivity index (χ2n) is 5.76. The molecule has 1 saturated carbocycles. The van der Waals surface area contributed by atoms with Crippen LogP contribution in [0.4, 0.5) is 5.82 Å². The number of benzene rings is 1. The highest BCUT2D eigenvalue weighted by atomic mass is 35.5. The third-order valence-electron chi connectivity index (χ3n) is 3.73. The molecule has 0 bridgehead atoms. The number of aryl methyl sites for hydroxylation is 1. The summed E-state index contributed by atoms with van der Waals surface area (Å²) < 4.78 is 0. The first kappa shape index (κ1) is 15.0. The van der Waals surface area contributed by atoms with Gasteiger partial charge in [0.25, 0.3) is 0 Å². The lowest BCUT2D eigenvalue weighted by atomic mass is 10.1. The fourth-order valence-electron chi connectivity index (χ4n) is 2.23. The van der Waals surface area contributed by atoms with Gasteiger partial charge in [-0.2, -0.15) is 0 Å². The number of anilines is 1. The van der Waals surface area contributed by atoms with Crippen molar-refractivity contribution < 1.29 is 4.79 Å². The van der Waals surface area contributed by atoms with E-state index in [-0.39, 0.29) is 5.78 Å². The first-order chi connectivity index (χ1) is 10.5. The number of nitrogens with one attached hydrogen (secondary N) is 1. The summed E-state index contributed by atoms with van der Waals surface area (Å²) in [5.74, 6) is 1.51. The predicted octanol–water partition coefficient (Wildman–Crippen LogP) is 4.13. The molecule has 3 rings (SSSR count). The molecule has 0 spiro atoms. The van der Waals surface area contributed by atoms with E-state index in [0.29, 0.717) is 29.0 Å². The minimum Gasteiger partial charge on any atom is -0.365 e. The molecule has 1 aliphatic carbocycles. The van der Waals surface area contributed by atoms with Crippen LogP contribution in [0.15, 0.2) is 24.3 Å². The van der Waals surface area contributed by atoms with E-state index in [2.05, 4.69) is 46.5 Å². The first-order valence-corrected chi connectivity index (χ1v) is 7.80. The maximum absolute atomic E-state index is 11.7. The van der Waals surface area contributed by atoms with Gasteiger partial charge in [-0.3, -0.25) is 4.79 Å². The predicted molar refractivity (Wildman–Crippen MR) is 87.5 cm³/mol. The molecule has 4 nitrogen and oxygen atoms in total. The highest BCUT2D eigenvalue weighted by Gasteiger charge is 2.29. The van der Waals surface area contributed by atoms with E-state index < -0.39 is 0 Å². The number of halogens is 1. The van der Waals surface area contributed by atoms with Crippen molar-refractivity contribution in [2.75, 3.05) is 5.32 Å². The maximum atomic E-state index is 11.7. The molecule has 1 aromatic heterocycles. The van der Waals surface area contributed by atoms with Crippen LogP contribution in [0, 0.1) is 6.92 Å². The Bertz CT molecular complexity index is 709. The minimum atomic E-state index is -0.132. The van der Waals surface area contributed by atoms with Gasteiger partial charge in [0.05, 0.1) is 0 Å². The molecule has 0 aliphatic heterocycles. The lowest BCUT2D eigenvalue weighted by Crippen LogP contribution is -2.10. The van der Waals surface area contributed by atoms with E-state index >= 15 is 0 Å². The Labute approximate surface area is 134 Å². The molecule has 1 N–H and O–H groups in total. The van der Waals surface area contributed by atoms with Gasteiger partial charge in [-0.05, 0) is 25.3 Å². The molecule has 0 radical (unpaired) electrons. The number of hydrogen-bond donors (Lipinski definition) is 1. The Morgan fingerprint density at radius 2 is 1.95 bits per heavy atom. The summed E-state index contributed by atoms with van der Waals surface area (Å²) in [5.41, 5.74) is 2.67. The summed E-state index contributed by atoms with van der Waals surface area (Å²) in [6.45, 7) is 4.15. The summed E-state index contributed by atoms with van der Waals surface area (Å²) in [6.07, 6.45) is 2.16. The van der Waals surface area contributed by atoms with E-state index in [1.54, 1.807) is 0 Å². The van der Waals surface area contributed by atoms with Crippen LogP contribution in [-0.2, 0) is 6.54 Å². The average Bonchev–Trinajstić information content (AvgIpc) is 3.32. The second-order valence-corrected chi connectivity index (χ2v) is 6.14. The Morgan fingerprint density at radius 1 is 1.27 bits per heavy atom. The lowest BCUT2D eigenvalue weighted by Gasteiger charge is -2.11.